The molecule has 0 saturated heterocycles. The maximum Gasteiger partial charge on any atom is 0.179 e. The minimum Gasteiger partial charge on any atom is -0.457 e. The van der Waals surface area contributed by atoms with Crippen molar-refractivity contribution in [1.29, 1.82) is 5.26 Å². The van der Waals surface area contributed by atoms with Crippen LogP contribution in [-0.2, 0) is 6.54 Å². The van der Waals surface area contributed by atoms with Crippen molar-refractivity contribution in [2.24, 2.45) is 4.99 Å². The van der Waals surface area contributed by atoms with Gasteiger partial charge >= 0.3 is 0 Å². The monoisotopic (exact) mass is 401 g/mol. The molecule has 2 aromatic carbocycles. The number of ether oxygens (including phenoxy) is 1. The quantitative estimate of drug-likeness (QED) is 0.202. The van der Waals surface area contributed by atoms with Crippen LogP contribution in [0.15, 0.2) is 65.7 Å². The van der Waals surface area contributed by atoms with Crippen molar-refractivity contribution in [2.75, 3.05) is 13.1 Å². The van der Waals surface area contributed by atoms with Gasteiger partial charge in [0.1, 0.15) is 11.5 Å². The van der Waals surface area contributed by atoms with Crippen molar-refractivity contribution >= 4 is 6.21 Å². The molecular formula is C24H27N5O. The molecule has 0 bridgehead atoms. The van der Waals surface area contributed by atoms with Crippen molar-refractivity contribution in [1.82, 2.24) is 15.1 Å². The SMILES string of the molecule is CCCCCN(C#N)C/C=N\Cc1cc(-c2ccccc2Oc2ccccc2)[nH]n1. The van der Waals surface area contributed by atoms with E-state index < -0.39 is 0 Å². The normalized spacial score (nSPS) is 10.8. The molecule has 0 aliphatic carbocycles. The molecule has 0 fully saturated rings. The molecule has 0 radical (unpaired) electrons. The van der Waals surface area contributed by atoms with Crippen LogP contribution >= 0.6 is 0 Å². The number of nitrogens with zero attached hydrogens (tertiary/aromatic N) is 4. The van der Waals surface area contributed by atoms with E-state index in [0.29, 0.717) is 13.1 Å². The molecule has 0 aliphatic heterocycles. The molecule has 0 unspecified atom stereocenters. The van der Waals surface area contributed by atoms with Crippen LogP contribution in [-0.4, -0.2) is 34.4 Å². The number of nitriles is 1. The van der Waals surface area contributed by atoms with Crippen LogP contribution in [0.3, 0.4) is 0 Å². The summed E-state index contributed by atoms with van der Waals surface area (Å²) in [6, 6.07) is 19.5. The van der Waals surface area contributed by atoms with Gasteiger partial charge in [0.25, 0.3) is 0 Å². The smallest absolute Gasteiger partial charge is 0.179 e. The largest absolute Gasteiger partial charge is 0.457 e. The Kier molecular flexibility index (Phi) is 8.04. The van der Waals surface area contributed by atoms with Crippen molar-refractivity contribution < 1.29 is 4.74 Å². The first-order valence-electron chi connectivity index (χ1n) is 10.3. The summed E-state index contributed by atoms with van der Waals surface area (Å²) in [5.41, 5.74) is 2.66. The number of rotatable bonds is 11. The highest BCUT2D eigenvalue weighted by molar-refractivity contribution is 5.68. The second kappa shape index (κ2) is 11.4. The molecular weight excluding hydrogens is 374 g/mol. The Morgan fingerprint density at radius 1 is 1.13 bits per heavy atom. The molecule has 0 atom stereocenters. The number of para-hydroxylation sites is 2. The van der Waals surface area contributed by atoms with Gasteiger partial charge in [-0.2, -0.15) is 10.4 Å². The van der Waals surface area contributed by atoms with Gasteiger partial charge in [0, 0.05) is 18.3 Å². The molecule has 0 amide bonds. The molecule has 3 aromatic rings. The first kappa shape index (κ1) is 21.1. The minimum absolute atomic E-state index is 0.465. The summed E-state index contributed by atoms with van der Waals surface area (Å²) in [5.74, 6) is 1.55. The Balaban J connectivity index is 1.60. The Morgan fingerprint density at radius 3 is 2.73 bits per heavy atom. The summed E-state index contributed by atoms with van der Waals surface area (Å²) >= 11 is 0. The molecule has 1 N–H and O–H groups in total. The van der Waals surface area contributed by atoms with E-state index in [9.17, 15) is 5.26 Å². The van der Waals surface area contributed by atoms with E-state index in [-0.39, 0.29) is 0 Å². The molecule has 0 aliphatic rings. The molecule has 0 spiro atoms. The summed E-state index contributed by atoms with van der Waals surface area (Å²) < 4.78 is 6.04. The molecule has 1 aromatic heterocycles. The standard InChI is InChI=1S/C24H27N5O/c1-2-3-9-15-29(19-25)16-14-26-18-20-17-23(28-27-20)22-12-7-8-13-24(22)30-21-10-5-4-6-11-21/h4-8,10-14,17H,2-3,9,15-16,18H2,1H3,(H,27,28)/b26-14-. The van der Waals surface area contributed by atoms with Gasteiger partial charge in [0.2, 0.25) is 0 Å². The lowest BCUT2D eigenvalue weighted by molar-refractivity contribution is 0.427. The molecule has 0 saturated carbocycles. The number of H-pyrrole nitrogens is 1. The van der Waals surface area contributed by atoms with Crippen LogP contribution in [0.1, 0.15) is 31.9 Å². The lowest BCUT2D eigenvalue weighted by Gasteiger charge is -2.11. The van der Waals surface area contributed by atoms with E-state index >= 15 is 0 Å². The Labute approximate surface area is 177 Å². The second-order valence-corrected chi connectivity index (χ2v) is 6.96. The highest BCUT2D eigenvalue weighted by Gasteiger charge is 2.10. The fourth-order valence-corrected chi connectivity index (χ4v) is 3.02. The average molecular weight is 402 g/mol. The van der Waals surface area contributed by atoms with Crippen LogP contribution < -0.4 is 4.74 Å². The number of unbranched alkanes of at least 4 members (excludes halogenated alkanes) is 2. The van der Waals surface area contributed by atoms with Gasteiger partial charge in [0.15, 0.2) is 6.19 Å². The first-order valence-corrected chi connectivity index (χ1v) is 10.3. The van der Waals surface area contributed by atoms with Crippen LogP contribution in [0.25, 0.3) is 11.3 Å². The van der Waals surface area contributed by atoms with Gasteiger partial charge in [-0.15, -0.1) is 0 Å². The fraction of sp³-hybridized carbons (Fsp3) is 0.292. The Morgan fingerprint density at radius 2 is 1.93 bits per heavy atom. The zero-order valence-corrected chi connectivity index (χ0v) is 17.3. The summed E-state index contributed by atoms with van der Waals surface area (Å²) in [7, 11) is 0. The number of aromatic amines is 1. The van der Waals surface area contributed by atoms with E-state index in [1.807, 2.05) is 60.7 Å². The zero-order valence-electron chi connectivity index (χ0n) is 17.3. The summed E-state index contributed by atoms with van der Waals surface area (Å²) in [6.45, 7) is 3.93. The number of hydrogen-bond donors (Lipinski definition) is 1. The van der Waals surface area contributed by atoms with E-state index in [1.54, 1.807) is 11.1 Å². The molecule has 154 valence electrons. The number of hydrogen-bond acceptors (Lipinski definition) is 5. The van der Waals surface area contributed by atoms with Crippen molar-refractivity contribution in [2.45, 2.75) is 32.7 Å². The molecule has 30 heavy (non-hydrogen) atoms. The first-order chi connectivity index (χ1) is 14.8. The maximum atomic E-state index is 9.19. The summed E-state index contributed by atoms with van der Waals surface area (Å²) in [5, 5.41) is 16.6. The lowest BCUT2D eigenvalue weighted by Crippen LogP contribution is -2.21. The van der Waals surface area contributed by atoms with E-state index in [2.05, 4.69) is 28.3 Å². The lowest BCUT2D eigenvalue weighted by atomic mass is 10.1. The molecule has 6 heteroatoms. The maximum absolute atomic E-state index is 9.19. The number of benzene rings is 2. The predicted molar refractivity (Wildman–Crippen MR) is 119 cm³/mol. The minimum atomic E-state index is 0.465. The molecule has 1 heterocycles. The highest BCUT2D eigenvalue weighted by Crippen LogP contribution is 2.32. The van der Waals surface area contributed by atoms with Gasteiger partial charge in [-0.25, -0.2) is 0 Å². The van der Waals surface area contributed by atoms with Gasteiger partial charge in [0.05, 0.1) is 24.5 Å². The molecule has 3 rings (SSSR count). The fourth-order valence-electron chi connectivity index (χ4n) is 3.02. The van der Waals surface area contributed by atoms with E-state index in [0.717, 1.165) is 54.3 Å². The topological polar surface area (TPSA) is 77.3 Å². The van der Waals surface area contributed by atoms with Gasteiger partial charge in [-0.1, -0.05) is 50.1 Å². The van der Waals surface area contributed by atoms with Crippen LogP contribution in [0.5, 0.6) is 11.5 Å². The Bertz CT molecular complexity index is 975. The van der Waals surface area contributed by atoms with Crippen molar-refractivity contribution in [3.05, 3.63) is 66.4 Å². The third-order valence-electron chi connectivity index (χ3n) is 4.64. The number of aromatic nitrogens is 2. The average Bonchev–Trinajstić information content (AvgIpc) is 3.25. The molecule has 6 nitrogen and oxygen atoms in total. The van der Waals surface area contributed by atoms with Crippen molar-refractivity contribution in [3.8, 4) is 28.9 Å². The van der Waals surface area contributed by atoms with Crippen LogP contribution in [0.4, 0.5) is 0 Å². The second-order valence-electron chi connectivity index (χ2n) is 6.96. The highest BCUT2D eigenvalue weighted by atomic mass is 16.5. The van der Waals surface area contributed by atoms with Gasteiger partial charge in [-0.3, -0.25) is 10.1 Å². The van der Waals surface area contributed by atoms with Crippen molar-refractivity contribution in [3.63, 3.8) is 0 Å². The number of aliphatic imine (C=N–C) groups is 1. The Hall–Kier alpha value is -3.59. The zero-order chi connectivity index (χ0) is 21.0. The number of nitrogens with one attached hydrogen (secondary N) is 1. The summed E-state index contributed by atoms with van der Waals surface area (Å²) in [4.78, 5) is 6.15. The van der Waals surface area contributed by atoms with E-state index in [4.69, 9.17) is 4.74 Å². The third-order valence-corrected chi connectivity index (χ3v) is 4.64. The van der Waals surface area contributed by atoms with Gasteiger partial charge in [-0.05, 0) is 36.8 Å². The van der Waals surface area contributed by atoms with Crippen LogP contribution in [0, 0.1) is 11.5 Å². The van der Waals surface area contributed by atoms with Gasteiger partial charge < -0.3 is 9.64 Å². The predicted octanol–water partition coefficient (Wildman–Crippen LogP) is 5.41. The van der Waals surface area contributed by atoms with Crippen LogP contribution in [0.2, 0.25) is 0 Å². The van der Waals surface area contributed by atoms with E-state index in [1.165, 1.54) is 0 Å². The summed E-state index contributed by atoms with van der Waals surface area (Å²) in [6.07, 6.45) is 7.33. The third kappa shape index (κ3) is 6.21.